The minimum atomic E-state index is -0.415. The zero-order chi connectivity index (χ0) is 15.9. The smallest absolute Gasteiger partial charge is 0.234 e. The van der Waals surface area contributed by atoms with Crippen molar-refractivity contribution in [2.24, 2.45) is 11.1 Å². The van der Waals surface area contributed by atoms with Crippen LogP contribution in [-0.4, -0.2) is 67.4 Å². The molecule has 0 bridgehead atoms. The second-order valence-electron chi connectivity index (χ2n) is 5.71. The molecular weight excluding hydrogens is 268 g/mol. The molecule has 1 fully saturated rings. The molecule has 0 saturated carbocycles. The lowest BCUT2D eigenvalue weighted by Crippen LogP contribution is -2.55. The first-order chi connectivity index (χ1) is 10.0. The van der Waals surface area contributed by atoms with Crippen molar-refractivity contribution in [3.8, 4) is 0 Å². The van der Waals surface area contributed by atoms with Gasteiger partial charge in [0.05, 0.1) is 12.0 Å². The van der Waals surface area contributed by atoms with Crippen molar-refractivity contribution in [1.29, 1.82) is 0 Å². The summed E-state index contributed by atoms with van der Waals surface area (Å²) in [6.07, 6.45) is 1.55. The molecule has 21 heavy (non-hydrogen) atoms. The highest BCUT2D eigenvalue weighted by atomic mass is 16.2. The topological polar surface area (TPSA) is 78.7 Å². The van der Waals surface area contributed by atoms with E-state index >= 15 is 0 Å². The Hall–Kier alpha value is -1.14. The van der Waals surface area contributed by atoms with Crippen LogP contribution in [0, 0.1) is 5.41 Å². The fourth-order valence-electron chi connectivity index (χ4n) is 2.83. The first kappa shape index (κ1) is 17.9. The van der Waals surface area contributed by atoms with Crippen molar-refractivity contribution in [1.82, 2.24) is 15.1 Å². The molecule has 122 valence electrons. The van der Waals surface area contributed by atoms with Gasteiger partial charge >= 0.3 is 0 Å². The molecule has 6 nitrogen and oxygen atoms in total. The predicted molar refractivity (Wildman–Crippen MR) is 83.8 cm³/mol. The number of nitrogens with zero attached hydrogens (tertiary/aromatic N) is 2. The van der Waals surface area contributed by atoms with Crippen LogP contribution in [0.15, 0.2) is 0 Å². The van der Waals surface area contributed by atoms with Gasteiger partial charge < -0.3 is 16.0 Å². The number of rotatable bonds is 7. The predicted octanol–water partition coefficient (Wildman–Crippen LogP) is 0.0318. The monoisotopic (exact) mass is 298 g/mol. The summed E-state index contributed by atoms with van der Waals surface area (Å²) >= 11 is 0. The lowest BCUT2D eigenvalue weighted by molar-refractivity contribution is -0.144. The first-order valence-electron chi connectivity index (χ1n) is 8.01. The zero-order valence-electron chi connectivity index (χ0n) is 13.7. The minimum absolute atomic E-state index is 0.0516. The van der Waals surface area contributed by atoms with Gasteiger partial charge in [-0.2, -0.15) is 0 Å². The molecule has 0 radical (unpaired) electrons. The maximum Gasteiger partial charge on any atom is 0.234 e. The SMILES string of the molecule is CCNC(=O)CN1CCN(C(=O)C(CC)(CC)CN)CC1. The van der Waals surface area contributed by atoms with E-state index in [9.17, 15) is 9.59 Å². The van der Waals surface area contributed by atoms with E-state index in [0.717, 1.165) is 25.9 Å². The molecule has 2 amide bonds. The highest BCUT2D eigenvalue weighted by Crippen LogP contribution is 2.28. The van der Waals surface area contributed by atoms with Crippen LogP contribution in [0.4, 0.5) is 0 Å². The van der Waals surface area contributed by atoms with Crippen molar-refractivity contribution in [2.45, 2.75) is 33.6 Å². The van der Waals surface area contributed by atoms with Gasteiger partial charge in [0.2, 0.25) is 11.8 Å². The Bertz CT molecular complexity index is 339. The molecule has 1 rings (SSSR count). The summed E-state index contributed by atoms with van der Waals surface area (Å²) in [6.45, 7) is 10.3. The molecule has 3 N–H and O–H groups in total. The van der Waals surface area contributed by atoms with Crippen molar-refractivity contribution in [2.75, 3.05) is 45.8 Å². The van der Waals surface area contributed by atoms with Crippen molar-refractivity contribution >= 4 is 11.8 Å². The maximum absolute atomic E-state index is 12.7. The molecule has 0 atom stereocenters. The van der Waals surface area contributed by atoms with E-state index in [-0.39, 0.29) is 11.8 Å². The molecular formula is C15H30N4O2. The van der Waals surface area contributed by atoms with Crippen molar-refractivity contribution in [3.05, 3.63) is 0 Å². The van der Waals surface area contributed by atoms with E-state index in [1.807, 2.05) is 25.7 Å². The largest absolute Gasteiger partial charge is 0.355 e. The number of hydrogen-bond donors (Lipinski definition) is 2. The Labute approximate surface area is 128 Å². The van der Waals surface area contributed by atoms with Crippen LogP contribution in [0.2, 0.25) is 0 Å². The molecule has 0 aromatic carbocycles. The summed E-state index contributed by atoms with van der Waals surface area (Å²) in [5.41, 5.74) is 5.44. The van der Waals surface area contributed by atoms with Gasteiger partial charge in [-0.25, -0.2) is 0 Å². The van der Waals surface area contributed by atoms with E-state index < -0.39 is 5.41 Å². The summed E-state index contributed by atoms with van der Waals surface area (Å²) in [7, 11) is 0. The van der Waals surface area contributed by atoms with Crippen LogP contribution in [0.5, 0.6) is 0 Å². The third-order valence-electron chi connectivity index (χ3n) is 4.60. The second-order valence-corrected chi connectivity index (χ2v) is 5.71. The number of amides is 2. The van der Waals surface area contributed by atoms with Crippen molar-refractivity contribution < 1.29 is 9.59 Å². The Morgan fingerprint density at radius 3 is 2.10 bits per heavy atom. The lowest BCUT2D eigenvalue weighted by atomic mass is 9.81. The van der Waals surface area contributed by atoms with E-state index in [0.29, 0.717) is 32.7 Å². The van der Waals surface area contributed by atoms with Crippen LogP contribution < -0.4 is 11.1 Å². The number of piperazine rings is 1. The van der Waals surface area contributed by atoms with Gasteiger partial charge in [0, 0.05) is 39.3 Å². The number of nitrogens with one attached hydrogen (secondary N) is 1. The number of carbonyl (C=O) groups excluding carboxylic acids is 2. The van der Waals surface area contributed by atoms with Crippen LogP contribution in [0.25, 0.3) is 0 Å². The standard InChI is InChI=1S/C15H30N4O2/c1-4-15(5-2,12-16)14(21)19-9-7-18(8-10-19)11-13(20)17-6-3/h4-12,16H2,1-3H3,(H,17,20). The molecule has 0 aromatic rings. The summed E-state index contributed by atoms with van der Waals surface area (Å²) in [5, 5.41) is 2.80. The summed E-state index contributed by atoms with van der Waals surface area (Å²) in [6, 6.07) is 0. The fourth-order valence-corrected chi connectivity index (χ4v) is 2.83. The van der Waals surface area contributed by atoms with Crippen LogP contribution in [0.3, 0.4) is 0 Å². The van der Waals surface area contributed by atoms with E-state index in [2.05, 4.69) is 10.2 Å². The molecule has 1 aliphatic rings. The average molecular weight is 298 g/mol. The van der Waals surface area contributed by atoms with Gasteiger partial charge in [0.15, 0.2) is 0 Å². The summed E-state index contributed by atoms with van der Waals surface area (Å²) < 4.78 is 0. The Balaban J connectivity index is 2.52. The first-order valence-corrected chi connectivity index (χ1v) is 8.01. The van der Waals surface area contributed by atoms with Gasteiger partial charge in [0.25, 0.3) is 0 Å². The molecule has 6 heteroatoms. The van der Waals surface area contributed by atoms with E-state index in [1.165, 1.54) is 0 Å². The number of nitrogens with two attached hydrogens (primary N) is 1. The Morgan fingerprint density at radius 1 is 1.10 bits per heavy atom. The molecule has 0 spiro atoms. The second kappa shape index (κ2) is 8.34. The molecule has 1 heterocycles. The molecule has 0 aliphatic carbocycles. The summed E-state index contributed by atoms with van der Waals surface area (Å²) in [4.78, 5) is 28.3. The quantitative estimate of drug-likeness (QED) is 0.695. The average Bonchev–Trinajstić information content (AvgIpc) is 2.50. The summed E-state index contributed by atoms with van der Waals surface area (Å²) in [5.74, 6) is 0.225. The van der Waals surface area contributed by atoms with Gasteiger partial charge in [-0.05, 0) is 19.8 Å². The Morgan fingerprint density at radius 2 is 1.67 bits per heavy atom. The number of carbonyl (C=O) groups is 2. The highest BCUT2D eigenvalue weighted by Gasteiger charge is 2.37. The third-order valence-corrected chi connectivity index (χ3v) is 4.60. The van der Waals surface area contributed by atoms with Gasteiger partial charge in [-0.3, -0.25) is 14.5 Å². The third kappa shape index (κ3) is 4.41. The fraction of sp³-hybridized carbons (Fsp3) is 0.867. The molecule has 1 aliphatic heterocycles. The van der Waals surface area contributed by atoms with Crippen LogP contribution in [-0.2, 0) is 9.59 Å². The van der Waals surface area contributed by atoms with Gasteiger partial charge in [0.1, 0.15) is 0 Å². The highest BCUT2D eigenvalue weighted by molar-refractivity contribution is 5.83. The van der Waals surface area contributed by atoms with Crippen molar-refractivity contribution in [3.63, 3.8) is 0 Å². The normalized spacial score (nSPS) is 16.9. The molecule has 0 aromatic heterocycles. The molecule has 1 saturated heterocycles. The number of hydrogen-bond acceptors (Lipinski definition) is 4. The number of likely N-dealkylation sites (N-methyl/N-ethyl adjacent to an activating group) is 1. The Kier molecular flexibility index (Phi) is 7.11. The maximum atomic E-state index is 12.7. The van der Waals surface area contributed by atoms with Crippen LogP contribution >= 0.6 is 0 Å². The van der Waals surface area contributed by atoms with Crippen LogP contribution in [0.1, 0.15) is 33.6 Å². The van der Waals surface area contributed by atoms with E-state index in [4.69, 9.17) is 5.73 Å². The minimum Gasteiger partial charge on any atom is -0.355 e. The molecule has 0 unspecified atom stereocenters. The van der Waals surface area contributed by atoms with Gasteiger partial charge in [-0.1, -0.05) is 13.8 Å². The zero-order valence-corrected chi connectivity index (χ0v) is 13.7. The van der Waals surface area contributed by atoms with E-state index in [1.54, 1.807) is 0 Å². The van der Waals surface area contributed by atoms with Gasteiger partial charge in [-0.15, -0.1) is 0 Å². The lowest BCUT2D eigenvalue weighted by Gasteiger charge is -2.40.